The van der Waals surface area contributed by atoms with Gasteiger partial charge < -0.3 is 4.90 Å². The summed E-state index contributed by atoms with van der Waals surface area (Å²) in [7, 11) is 0. The first-order valence-electron chi connectivity index (χ1n) is 6.74. The number of amides is 3. The zero-order valence-electron chi connectivity index (χ0n) is 10.6. The zero-order valence-corrected chi connectivity index (χ0v) is 10.6. The topological polar surface area (TPSA) is 49.4 Å². The molecule has 0 spiro atoms. The quantitative estimate of drug-likeness (QED) is 0.819. The van der Waals surface area contributed by atoms with Gasteiger partial charge in [-0.25, -0.2) is 4.79 Å². The lowest BCUT2D eigenvalue weighted by molar-refractivity contribution is -0.121. The lowest BCUT2D eigenvalue weighted by Gasteiger charge is -2.30. The van der Waals surface area contributed by atoms with Gasteiger partial charge in [-0.2, -0.15) is 0 Å². The van der Waals surface area contributed by atoms with Crippen LogP contribution in [0.1, 0.15) is 45.4 Å². The van der Waals surface area contributed by atoms with Crippen LogP contribution in [-0.4, -0.2) is 29.9 Å². The fourth-order valence-electron chi connectivity index (χ4n) is 2.77. The number of hydrogen-bond donors (Lipinski definition) is 1. The Balaban J connectivity index is 1.71. The maximum atomic E-state index is 11.5. The second-order valence-corrected chi connectivity index (χ2v) is 5.50. The molecule has 1 aliphatic carbocycles. The third-order valence-electron chi connectivity index (χ3n) is 4.09. The van der Waals surface area contributed by atoms with Crippen molar-refractivity contribution < 1.29 is 9.59 Å². The first kappa shape index (κ1) is 12.4. The highest BCUT2D eigenvalue weighted by atomic mass is 16.2. The van der Waals surface area contributed by atoms with Crippen LogP contribution >= 0.6 is 0 Å². The van der Waals surface area contributed by atoms with E-state index in [9.17, 15) is 9.59 Å². The first-order chi connectivity index (χ1) is 8.15. The molecule has 0 bridgehead atoms. The van der Waals surface area contributed by atoms with Crippen LogP contribution in [0.3, 0.4) is 0 Å². The van der Waals surface area contributed by atoms with Crippen LogP contribution in [0.4, 0.5) is 4.79 Å². The van der Waals surface area contributed by atoms with Gasteiger partial charge in [0.1, 0.15) is 0 Å². The average molecular weight is 238 g/mol. The second-order valence-electron chi connectivity index (χ2n) is 5.50. The number of nitrogens with one attached hydrogen (secondary N) is 1. The van der Waals surface area contributed by atoms with Crippen LogP contribution in [0, 0.1) is 11.8 Å². The molecule has 1 aliphatic heterocycles. The Hall–Kier alpha value is -1.06. The molecular weight excluding hydrogens is 216 g/mol. The lowest BCUT2D eigenvalue weighted by Crippen LogP contribution is -2.49. The van der Waals surface area contributed by atoms with Crippen molar-refractivity contribution in [1.29, 1.82) is 0 Å². The van der Waals surface area contributed by atoms with Crippen LogP contribution in [0.15, 0.2) is 0 Å². The molecule has 0 aromatic rings. The molecule has 2 fully saturated rings. The Morgan fingerprint density at radius 3 is 2.59 bits per heavy atom. The summed E-state index contributed by atoms with van der Waals surface area (Å²) in [6.45, 7) is 3.71. The molecule has 17 heavy (non-hydrogen) atoms. The molecule has 0 unspecified atom stereocenters. The van der Waals surface area contributed by atoms with Crippen LogP contribution in [0.2, 0.25) is 0 Å². The van der Waals surface area contributed by atoms with E-state index in [4.69, 9.17) is 0 Å². The van der Waals surface area contributed by atoms with Gasteiger partial charge in [-0.3, -0.25) is 10.1 Å². The molecule has 96 valence electrons. The van der Waals surface area contributed by atoms with Gasteiger partial charge in [0.2, 0.25) is 5.91 Å². The maximum Gasteiger partial charge on any atom is 0.324 e. The van der Waals surface area contributed by atoms with E-state index in [0.717, 1.165) is 24.8 Å². The molecule has 2 aliphatic rings. The minimum Gasteiger partial charge on any atom is -0.324 e. The number of urea groups is 1. The number of hydrogen-bond acceptors (Lipinski definition) is 2. The second kappa shape index (κ2) is 5.52. The summed E-state index contributed by atoms with van der Waals surface area (Å²) in [6, 6.07) is -0.203. The lowest BCUT2D eigenvalue weighted by atomic mass is 9.81. The van der Waals surface area contributed by atoms with Crippen LogP contribution in [0.25, 0.3) is 0 Å². The van der Waals surface area contributed by atoms with Crippen molar-refractivity contribution in [1.82, 2.24) is 10.2 Å². The van der Waals surface area contributed by atoms with Gasteiger partial charge in [-0.15, -0.1) is 0 Å². The molecule has 2 rings (SSSR count). The summed E-state index contributed by atoms with van der Waals surface area (Å²) in [4.78, 5) is 24.3. The Morgan fingerprint density at radius 1 is 1.24 bits per heavy atom. The highest BCUT2D eigenvalue weighted by Gasteiger charge is 2.24. The minimum absolute atomic E-state index is 0.141. The van der Waals surface area contributed by atoms with Crippen molar-refractivity contribution in [3.8, 4) is 0 Å². The third-order valence-corrected chi connectivity index (χ3v) is 4.09. The predicted octanol–water partition coefficient (Wildman–Crippen LogP) is 2.14. The first-order valence-corrected chi connectivity index (χ1v) is 6.74. The third kappa shape index (κ3) is 3.45. The van der Waals surface area contributed by atoms with Crippen LogP contribution in [0.5, 0.6) is 0 Å². The Bertz CT molecular complexity index is 296. The van der Waals surface area contributed by atoms with Crippen molar-refractivity contribution in [3.63, 3.8) is 0 Å². The molecule has 3 amide bonds. The number of nitrogens with zero attached hydrogens (tertiary/aromatic N) is 1. The van der Waals surface area contributed by atoms with Gasteiger partial charge >= 0.3 is 6.03 Å². The molecule has 1 saturated carbocycles. The van der Waals surface area contributed by atoms with E-state index >= 15 is 0 Å². The van der Waals surface area contributed by atoms with Crippen molar-refractivity contribution >= 4 is 11.9 Å². The van der Waals surface area contributed by atoms with Gasteiger partial charge in [0.25, 0.3) is 0 Å². The highest BCUT2D eigenvalue weighted by molar-refractivity contribution is 5.96. The van der Waals surface area contributed by atoms with E-state index < -0.39 is 0 Å². The Morgan fingerprint density at radius 2 is 1.94 bits per heavy atom. The molecule has 0 radical (unpaired) electrons. The molecule has 1 heterocycles. The summed E-state index contributed by atoms with van der Waals surface area (Å²) < 4.78 is 0. The molecular formula is C13H22N2O2. The van der Waals surface area contributed by atoms with E-state index in [-0.39, 0.29) is 11.9 Å². The fraction of sp³-hybridized carbons (Fsp3) is 0.846. The summed E-state index contributed by atoms with van der Waals surface area (Å²) in [6.07, 6.45) is 6.80. The van der Waals surface area contributed by atoms with Gasteiger partial charge in [0.15, 0.2) is 0 Å². The zero-order chi connectivity index (χ0) is 12.3. The average Bonchev–Trinajstić information content (AvgIpc) is 2.30. The molecule has 0 atom stereocenters. The number of carbonyl (C=O) groups is 2. The summed E-state index contributed by atoms with van der Waals surface area (Å²) in [5.74, 6) is 1.51. The normalized spacial score (nSPS) is 30.3. The molecule has 4 heteroatoms. The van der Waals surface area contributed by atoms with Gasteiger partial charge in [0.05, 0.1) is 0 Å². The van der Waals surface area contributed by atoms with E-state index in [1.165, 1.54) is 25.7 Å². The molecule has 0 aromatic heterocycles. The largest absolute Gasteiger partial charge is 0.324 e. The number of carbonyl (C=O) groups excluding carboxylic acids is 2. The van der Waals surface area contributed by atoms with Crippen molar-refractivity contribution in [2.45, 2.75) is 45.4 Å². The van der Waals surface area contributed by atoms with Crippen molar-refractivity contribution in [3.05, 3.63) is 0 Å². The summed E-state index contributed by atoms with van der Waals surface area (Å²) in [5.41, 5.74) is 0. The van der Waals surface area contributed by atoms with Crippen molar-refractivity contribution in [2.24, 2.45) is 11.8 Å². The number of imide groups is 1. The van der Waals surface area contributed by atoms with Gasteiger partial charge in [-0.1, -0.05) is 32.6 Å². The predicted molar refractivity (Wildman–Crippen MR) is 65.5 cm³/mol. The maximum absolute atomic E-state index is 11.5. The monoisotopic (exact) mass is 238 g/mol. The van der Waals surface area contributed by atoms with E-state index in [2.05, 4.69) is 12.2 Å². The van der Waals surface area contributed by atoms with Gasteiger partial charge in [-0.05, 0) is 18.3 Å². The van der Waals surface area contributed by atoms with E-state index in [0.29, 0.717) is 13.0 Å². The van der Waals surface area contributed by atoms with Gasteiger partial charge in [0, 0.05) is 19.5 Å². The minimum atomic E-state index is -0.203. The van der Waals surface area contributed by atoms with Crippen molar-refractivity contribution in [2.75, 3.05) is 13.1 Å². The molecule has 1 N–H and O–H groups in total. The summed E-state index contributed by atoms with van der Waals surface area (Å²) in [5, 5.41) is 2.37. The Labute approximate surface area is 103 Å². The van der Waals surface area contributed by atoms with E-state index in [1.54, 1.807) is 4.90 Å². The fourth-order valence-corrected chi connectivity index (χ4v) is 2.77. The smallest absolute Gasteiger partial charge is 0.324 e. The van der Waals surface area contributed by atoms with Crippen LogP contribution < -0.4 is 5.32 Å². The number of rotatable bonds is 3. The summed E-state index contributed by atoms with van der Waals surface area (Å²) >= 11 is 0. The SMILES string of the molecule is CC1CCC(CCN2CCC(=O)NC2=O)CC1. The van der Waals surface area contributed by atoms with E-state index in [1.807, 2.05) is 0 Å². The highest BCUT2D eigenvalue weighted by Crippen LogP contribution is 2.30. The Kier molecular flexibility index (Phi) is 4.02. The standard InChI is InChI=1S/C13H22N2O2/c1-10-2-4-11(5-3-10)6-8-15-9-7-12(16)14-13(15)17/h10-11H,2-9H2,1H3,(H,14,16,17). The molecule has 1 saturated heterocycles. The molecule has 4 nitrogen and oxygen atoms in total. The van der Waals surface area contributed by atoms with Crippen LogP contribution in [-0.2, 0) is 4.79 Å². The molecule has 0 aromatic carbocycles.